The number of ether oxygens (including phenoxy) is 1. The lowest BCUT2D eigenvalue weighted by molar-refractivity contribution is 0.0978. The summed E-state index contributed by atoms with van der Waals surface area (Å²) in [7, 11) is 1.39. The van der Waals surface area contributed by atoms with Gasteiger partial charge in [0.15, 0.2) is 17.3 Å². The summed E-state index contributed by atoms with van der Waals surface area (Å²) in [5, 5.41) is 0. The fraction of sp³-hybridized carbons (Fsp3) is 0.267. The topological polar surface area (TPSA) is 60.4 Å². The van der Waals surface area contributed by atoms with Crippen LogP contribution in [0.15, 0.2) is 17.7 Å². The first-order valence-electron chi connectivity index (χ1n) is 5.88. The summed E-state index contributed by atoms with van der Waals surface area (Å²) >= 11 is 0. The second kappa shape index (κ2) is 4.46. The molecule has 0 fully saturated rings. The average Bonchev–Trinajstić information content (AvgIpc) is 2.33. The summed E-state index contributed by atoms with van der Waals surface area (Å²) in [5.74, 6) is -0.495. The Morgan fingerprint density at radius 2 is 1.84 bits per heavy atom. The number of hydrogen-bond donors (Lipinski definition) is 0. The average molecular weight is 258 g/mol. The molecule has 0 unspecified atom stereocenters. The summed E-state index contributed by atoms with van der Waals surface area (Å²) < 4.78 is 5.22. The minimum absolute atomic E-state index is 0.189. The van der Waals surface area contributed by atoms with Crippen LogP contribution in [0.25, 0.3) is 0 Å². The molecule has 19 heavy (non-hydrogen) atoms. The van der Waals surface area contributed by atoms with Gasteiger partial charge < -0.3 is 4.74 Å². The number of hydrogen-bond acceptors (Lipinski definition) is 4. The number of rotatable bonds is 2. The Bertz CT molecular complexity index is 651. The first kappa shape index (κ1) is 13.2. The highest BCUT2D eigenvalue weighted by Gasteiger charge is 2.30. The van der Waals surface area contributed by atoms with Gasteiger partial charge in [-0.05, 0) is 38.5 Å². The maximum absolute atomic E-state index is 12.1. The molecule has 2 rings (SSSR count). The molecule has 0 N–H and O–H groups in total. The van der Waals surface area contributed by atoms with E-state index in [2.05, 4.69) is 0 Å². The van der Waals surface area contributed by atoms with Gasteiger partial charge in [0.05, 0.1) is 18.2 Å². The highest BCUT2D eigenvalue weighted by Crippen LogP contribution is 2.34. The van der Waals surface area contributed by atoms with Crippen LogP contribution in [0.2, 0.25) is 0 Å². The van der Waals surface area contributed by atoms with E-state index in [1.54, 1.807) is 19.9 Å². The van der Waals surface area contributed by atoms with Crippen LogP contribution in [0.1, 0.15) is 50.5 Å². The van der Waals surface area contributed by atoms with Crippen molar-refractivity contribution in [2.45, 2.75) is 20.8 Å². The van der Waals surface area contributed by atoms with Gasteiger partial charge in [-0.25, -0.2) is 0 Å². The molecule has 1 aliphatic rings. The highest BCUT2D eigenvalue weighted by atomic mass is 16.5. The molecule has 0 radical (unpaired) electrons. The van der Waals surface area contributed by atoms with E-state index in [9.17, 15) is 14.4 Å². The first-order chi connectivity index (χ1) is 8.88. The van der Waals surface area contributed by atoms with Gasteiger partial charge in [0, 0.05) is 11.1 Å². The van der Waals surface area contributed by atoms with Crippen molar-refractivity contribution in [1.82, 2.24) is 0 Å². The lowest BCUT2D eigenvalue weighted by atomic mass is 9.85. The van der Waals surface area contributed by atoms with E-state index in [1.165, 1.54) is 20.1 Å². The SMILES string of the molecule is COc1c(C(C)=O)c(C)cc2c1C(=O)C=C(C)C2=O. The van der Waals surface area contributed by atoms with E-state index in [1.807, 2.05) is 0 Å². The second-order valence-corrected chi connectivity index (χ2v) is 4.60. The molecule has 0 aromatic heterocycles. The number of carbonyl (C=O) groups excluding carboxylic acids is 3. The molecule has 4 heteroatoms. The number of ketones is 3. The molecule has 0 saturated heterocycles. The molecule has 0 spiro atoms. The quantitative estimate of drug-likeness (QED) is 0.765. The van der Waals surface area contributed by atoms with Gasteiger partial charge in [0.2, 0.25) is 0 Å². The number of fused-ring (bicyclic) bond motifs is 1. The van der Waals surface area contributed by atoms with Crippen LogP contribution in [0.3, 0.4) is 0 Å². The van der Waals surface area contributed by atoms with Crippen molar-refractivity contribution < 1.29 is 19.1 Å². The normalized spacial score (nSPS) is 14.0. The van der Waals surface area contributed by atoms with E-state index in [4.69, 9.17) is 4.74 Å². The second-order valence-electron chi connectivity index (χ2n) is 4.60. The van der Waals surface area contributed by atoms with Crippen LogP contribution in [0.4, 0.5) is 0 Å². The molecule has 1 aromatic carbocycles. The van der Waals surface area contributed by atoms with Gasteiger partial charge in [0.1, 0.15) is 5.75 Å². The Hall–Kier alpha value is -2.23. The molecule has 0 saturated carbocycles. The molecule has 0 aliphatic heterocycles. The van der Waals surface area contributed by atoms with Crippen molar-refractivity contribution in [2.75, 3.05) is 7.11 Å². The van der Waals surface area contributed by atoms with Gasteiger partial charge in [0.25, 0.3) is 0 Å². The first-order valence-corrected chi connectivity index (χ1v) is 5.88. The predicted octanol–water partition coefficient (Wildman–Crippen LogP) is 2.53. The van der Waals surface area contributed by atoms with Crippen LogP contribution in [0, 0.1) is 6.92 Å². The fourth-order valence-corrected chi connectivity index (χ4v) is 2.40. The molecule has 0 amide bonds. The van der Waals surface area contributed by atoms with Gasteiger partial charge in [-0.1, -0.05) is 0 Å². The Morgan fingerprint density at radius 3 is 2.37 bits per heavy atom. The van der Waals surface area contributed by atoms with E-state index >= 15 is 0 Å². The maximum Gasteiger partial charge on any atom is 0.190 e. The number of Topliss-reactive ketones (excluding diaryl/α,β-unsaturated/α-hetero) is 2. The van der Waals surface area contributed by atoms with Crippen molar-refractivity contribution in [3.8, 4) is 5.75 Å². The van der Waals surface area contributed by atoms with Crippen LogP contribution in [-0.4, -0.2) is 24.5 Å². The third-order valence-electron chi connectivity index (χ3n) is 3.23. The van der Waals surface area contributed by atoms with E-state index in [0.29, 0.717) is 22.3 Å². The Morgan fingerprint density at radius 1 is 1.21 bits per heavy atom. The summed E-state index contributed by atoms with van der Waals surface area (Å²) in [6.07, 6.45) is 1.28. The molecule has 1 aromatic rings. The zero-order chi connectivity index (χ0) is 14.3. The number of allylic oxidation sites excluding steroid dienone is 2. The molecule has 4 nitrogen and oxygen atoms in total. The molecular weight excluding hydrogens is 244 g/mol. The largest absolute Gasteiger partial charge is 0.495 e. The standard InChI is InChI=1S/C15H14O4/c1-7-5-10-13(11(17)6-8(2)14(10)18)15(19-4)12(7)9(3)16/h5-6H,1-4H3. The highest BCUT2D eigenvalue weighted by molar-refractivity contribution is 6.26. The van der Waals surface area contributed by atoms with Crippen LogP contribution in [-0.2, 0) is 0 Å². The van der Waals surface area contributed by atoms with Crippen molar-refractivity contribution in [1.29, 1.82) is 0 Å². The molecule has 0 heterocycles. The predicted molar refractivity (Wildman–Crippen MR) is 70.2 cm³/mol. The molecule has 0 bridgehead atoms. The fourth-order valence-electron chi connectivity index (χ4n) is 2.40. The van der Waals surface area contributed by atoms with Gasteiger partial charge in [-0.15, -0.1) is 0 Å². The summed E-state index contributed by atoms with van der Waals surface area (Å²) in [4.78, 5) is 35.9. The zero-order valence-corrected chi connectivity index (χ0v) is 11.3. The van der Waals surface area contributed by atoms with E-state index in [0.717, 1.165) is 0 Å². The molecule has 1 aliphatic carbocycles. The zero-order valence-electron chi connectivity index (χ0n) is 11.3. The van der Waals surface area contributed by atoms with Gasteiger partial charge in [-0.3, -0.25) is 14.4 Å². The Kier molecular flexibility index (Phi) is 3.10. The minimum atomic E-state index is -0.300. The number of methoxy groups -OCH3 is 1. The minimum Gasteiger partial charge on any atom is -0.495 e. The number of aryl methyl sites for hydroxylation is 1. The molecule has 0 atom stereocenters. The van der Waals surface area contributed by atoms with Gasteiger partial charge in [-0.2, -0.15) is 0 Å². The van der Waals surface area contributed by atoms with E-state index in [-0.39, 0.29) is 28.7 Å². The lowest BCUT2D eigenvalue weighted by Crippen LogP contribution is -2.19. The number of benzene rings is 1. The molecular formula is C15H14O4. The third kappa shape index (κ3) is 1.89. The van der Waals surface area contributed by atoms with E-state index < -0.39 is 0 Å². The number of carbonyl (C=O) groups is 3. The van der Waals surface area contributed by atoms with Crippen molar-refractivity contribution >= 4 is 17.3 Å². The summed E-state index contributed by atoms with van der Waals surface area (Å²) in [5.41, 5.74) is 1.89. The summed E-state index contributed by atoms with van der Waals surface area (Å²) in [6, 6.07) is 1.59. The van der Waals surface area contributed by atoms with Crippen LogP contribution < -0.4 is 4.74 Å². The molecule has 98 valence electrons. The van der Waals surface area contributed by atoms with Crippen LogP contribution >= 0.6 is 0 Å². The van der Waals surface area contributed by atoms with Gasteiger partial charge >= 0.3 is 0 Å². The Balaban J connectivity index is 2.88. The van der Waals surface area contributed by atoms with Crippen LogP contribution in [0.5, 0.6) is 5.75 Å². The van der Waals surface area contributed by atoms with Crippen molar-refractivity contribution in [2.24, 2.45) is 0 Å². The maximum atomic E-state index is 12.1. The van der Waals surface area contributed by atoms with Crippen molar-refractivity contribution in [3.63, 3.8) is 0 Å². The monoisotopic (exact) mass is 258 g/mol. The Labute approximate surface area is 111 Å². The lowest BCUT2D eigenvalue weighted by Gasteiger charge is -2.19. The third-order valence-corrected chi connectivity index (χ3v) is 3.23. The summed E-state index contributed by atoms with van der Waals surface area (Å²) in [6.45, 7) is 4.74. The van der Waals surface area contributed by atoms with Crippen molar-refractivity contribution in [3.05, 3.63) is 40.0 Å². The smallest absolute Gasteiger partial charge is 0.190 e.